The first-order chi connectivity index (χ1) is 10.2. The third-order valence-electron chi connectivity index (χ3n) is 4.27. The Morgan fingerprint density at radius 1 is 0.905 bits per heavy atom. The van der Waals surface area contributed by atoms with Crippen molar-refractivity contribution >= 4 is 0 Å². The van der Waals surface area contributed by atoms with Gasteiger partial charge in [0, 0.05) is 18.6 Å². The molecule has 3 nitrogen and oxygen atoms in total. The van der Waals surface area contributed by atoms with E-state index in [-0.39, 0.29) is 11.6 Å². The fourth-order valence-electron chi connectivity index (χ4n) is 3.28. The molecule has 0 spiro atoms. The number of nitrogens with two attached hydrogens (primary N) is 2. The molecule has 1 saturated heterocycles. The lowest BCUT2D eigenvalue weighted by molar-refractivity contribution is 0.0388. The maximum Gasteiger partial charge on any atom is 0.0603 e. The minimum Gasteiger partial charge on any atom is -0.330 e. The zero-order chi connectivity index (χ0) is 14.7. The third-order valence-corrected chi connectivity index (χ3v) is 4.27. The predicted molar refractivity (Wildman–Crippen MR) is 86.9 cm³/mol. The van der Waals surface area contributed by atoms with Gasteiger partial charge in [-0.2, -0.15) is 0 Å². The van der Waals surface area contributed by atoms with Gasteiger partial charge in [-0.15, -0.1) is 0 Å². The number of benzene rings is 2. The van der Waals surface area contributed by atoms with E-state index < -0.39 is 0 Å². The predicted octanol–water partition coefficient (Wildman–Crippen LogP) is 2.14. The van der Waals surface area contributed by atoms with Crippen LogP contribution in [0.25, 0.3) is 0 Å². The average Bonchev–Trinajstić information content (AvgIpc) is 2.48. The maximum atomic E-state index is 6.38. The van der Waals surface area contributed by atoms with Crippen LogP contribution in [0.1, 0.15) is 23.6 Å². The second-order valence-corrected chi connectivity index (χ2v) is 6.03. The summed E-state index contributed by atoms with van der Waals surface area (Å²) in [5.74, 6) is 0. The third kappa shape index (κ3) is 3.00. The lowest BCUT2D eigenvalue weighted by Gasteiger charge is -2.51. The summed E-state index contributed by atoms with van der Waals surface area (Å²) in [4.78, 5) is 2.44. The van der Waals surface area contributed by atoms with E-state index in [4.69, 9.17) is 11.5 Å². The molecular weight excluding hydrogens is 258 g/mol. The van der Waals surface area contributed by atoms with Gasteiger partial charge in [-0.25, -0.2) is 0 Å². The van der Waals surface area contributed by atoms with Crippen LogP contribution in [0.15, 0.2) is 60.7 Å². The van der Waals surface area contributed by atoms with Crippen LogP contribution in [-0.4, -0.2) is 30.1 Å². The van der Waals surface area contributed by atoms with Crippen LogP contribution >= 0.6 is 0 Å². The molecule has 1 aliphatic heterocycles. The van der Waals surface area contributed by atoms with E-state index in [1.165, 1.54) is 11.1 Å². The van der Waals surface area contributed by atoms with Crippen molar-refractivity contribution in [2.45, 2.75) is 18.0 Å². The molecule has 0 aliphatic carbocycles. The minimum absolute atomic E-state index is 0.115. The smallest absolute Gasteiger partial charge is 0.0603 e. The largest absolute Gasteiger partial charge is 0.330 e. The molecule has 0 aromatic heterocycles. The van der Waals surface area contributed by atoms with Gasteiger partial charge in [-0.3, -0.25) is 4.90 Å². The number of nitrogens with zero attached hydrogens (tertiary/aromatic N) is 1. The normalized spacial score (nSPS) is 17.7. The van der Waals surface area contributed by atoms with Crippen LogP contribution in [0.4, 0.5) is 0 Å². The fraction of sp³-hybridized carbons (Fsp3) is 0.333. The molecule has 0 amide bonds. The molecule has 4 N–H and O–H groups in total. The van der Waals surface area contributed by atoms with Gasteiger partial charge in [0.05, 0.1) is 6.04 Å². The van der Waals surface area contributed by atoms with Gasteiger partial charge in [0.2, 0.25) is 0 Å². The highest BCUT2D eigenvalue weighted by Gasteiger charge is 2.42. The van der Waals surface area contributed by atoms with E-state index in [1.807, 2.05) is 0 Å². The van der Waals surface area contributed by atoms with Crippen LogP contribution in [-0.2, 0) is 0 Å². The summed E-state index contributed by atoms with van der Waals surface area (Å²) < 4.78 is 0. The van der Waals surface area contributed by atoms with E-state index in [2.05, 4.69) is 65.6 Å². The highest BCUT2D eigenvalue weighted by atomic mass is 15.3. The summed E-state index contributed by atoms with van der Waals surface area (Å²) in [7, 11) is 0. The van der Waals surface area contributed by atoms with Crippen molar-refractivity contribution in [1.82, 2.24) is 4.90 Å². The quantitative estimate of drug-likeness (QED) is 0.883. The fourth-order valence-corrected chi connectivity index (χ4v) is 3.28. The van der Waals surface area contributed by atoms with E-state index in [1.54, 1.807) is 0 Å². The molecule has 21 heavy (non-hydrogen) atoms. The second kappa shape index (κ2) is 5.98. The summed E-state index contributed by atoms with van der Waals surface area (Å²) in [6, 6.07) is 21.6. The molecule has 0 radical (unpaired) electrons. The molecule has 110 valence electrons. The molecule has 2 aromatic rings. The first-order valence-corrected chi connectivity index (χ1v) is 7.55. The van der Waals surface area contributed by atoms with Crippen molar-refractivity contribution in [3.63, 3.8) is 0 Å². The second-order valence-electron chi connectivity index (χ2n) is 6.03. The van der Waals surface area contributed by atoms with Crippen molar-refractivity contribution in [3.8, 4) is 0 Å². The number of rotatable bonds is 5. The molecule has 0 saturated carbocycles. The van der Waals surface area contributed by atoms with Crippen LogP contribution in [0.3, 0.4) is 0 Å². The summed E-state index contributed by atoms with van der Waals surface area (Å²) >= 11 is 0. The van der Waals surface area contributed by atoms with Crippen LogP contribution in [0.5, 0.6) is 0 Å². The van der Waals surface area contributed by atoms with Gasteiger partial charge < -0.3 is 11.5 Å². The molecule has 1 fully saturated rings. The summed E-state index contributed by atoms with van der Waals surface area (Å²) in [6.07, 6.45) is 0.889. The van der Waals surface area contributed by atoms with Gasteiger partial charge in [0.15, 0.2) is 0 Å². The van der Waals surface area contributed by atoms with E-state index >= 15 is 0 Å². The number of hydrogen-bond donors (Lipinski definition) is 2. The molecule has 0 unspecified atom stereocenters. The Bertz CT molecular complexity index is 522. The molecular formula is C18H23N3. The summed E-state index contributed by atoms with van der Waals surface area (Å²) in [6.45, 7) is 2.46. The Labute approximate surface area is 126 Å². The molecule has 1 heterocycles. The van der Waals surface area contributed by atoms with E-state index in [0.29, 0.717) is 6.54 Å². The topological polar surface area (TPSA) is 55.3 Å². The first kappa shape index (κ1) is 14.3. The van der Waals surface area contributed by atoms with Crippen LogP contribution in [0, 0.1) is 0 Å². The Balaban J connectivity index is 1.85. The monoisotopic (exact) mass is 281 g/mol. The summed E-state index contributed by atoms with van der Waals surface area (Å²) in [5.41, 5.74) is 14.6. The van der Waals surface area contributed by atoms with Crippen LogP contribution < -0.4 is 11.5 Å². The van der Waals surface area contributed by atoms with Gasteiger partial charge in [0.25, 0.3) is 0 Å². The number of hydrogen-bond acceptors (Lipinski definition) is 3. The highest BCUT2D eigenvalue weighted by molar-refractivity contribution is 5.33. The Hall–Kier alpha value is -1.68. The van der Waals surface area contributed by atoms with Crippen molar-refractivity contribution in [1.29, 1.82) is 0 Å². The van der Waals surface area contributed by atoms with Crippen molar-refractivity contribution in [2.24, 2.45) is 11.5 Å². The van der Waals surface area contributed by atoms with Crippen molar-refractivity contribution in [3.05, 3.63) is 71.8 Å². The van der Waals surface area contributed by atoms with E-state index in [0.717, 1.165) is 19.5 Å². The van der Waals surface area contributed by atoms with Crippen molar-refractivity contribution < 1.29 is 0 Å². The van der Waals surface area contributed by atoms with Gasteiger partial charge >= 0.3 is 0 Å². The van der Waals surface area contributed by atoms with Gasteiger partial charge in [0.1, 0.15) is 0 Å². The Morgan fingerprint density at radius 2 is 1.38 bits per heavy atom. The SMILES string of the molecule is NCCC1(N)CN(C(c2ccccc2)c2ccccc2)C1. The highest BCUT2D eigenvalue weighted by Crippen LogP contribution is 2.35. The Morgan fingerprint density at radius 3 is 1.81 bits per heavy atom. The molecule has 0 bridgehead atoms. The average molecular weight is 281 g/mol. The zero-order valence-corrected chi connectivity index (χ0v) is 12.3. The van der Waals surface area contributed by atoms with Gasteiger partial charge in [-0.1, -0.05) is 60.7 Å². The Kier molecular flexibility index (Phi) is 4.06. The summed E-state index contributed by atoms with van der Waals surface area (Å²) in [5, 5.41) is 0. The maximum absolute atomic E-state index is 6.38. The number of likely N-dealkylation sites (tertiary alicyclic amines) is 1. The first-order valence-electron chi connectivity index (χ1n) is 7.55. The lowest BCUT2D eigenvalue weighted by atomic mass is 9.83. The van der Waals surface area contributed by atoms with Crippen molar-refractivity contribution in [2.75, 3.05) is 19.6 Å². The molecule has 3 heteroatoms. The molecule has 2 aromatic carbocycles. The zero-order valence-electron chi connectivity index (χ0n) is 12.3. The van der Waals surface area contributed by atoms with E-state index in [9.17, 15) is 0 Å². The molecule has 1 aliphatic rings. The van der Waals surface area contributed by atoms with Gasteiger partial charge in [-0.05, 0) is 24.1 Å². The minimum atomic E-state index is -0.115. The molecule has 3 rings (SSSR count). The molecule has 0 atom stereocenters. The van der Waals surface area contributed by atoms with Crippen LogP contribution in [0.2, 0.25) is 0 Å². The lowest BCUT2D eigenvalue weighted by Crippen LogP contribution is -2.68. The standard InChI is InChI=1S/C18H23N3/c19-12-11-18(20)13-21(14-18)17(15-7-3-1-4-8-15)16-9-5-2-6-10-16/h1-10,17H,11-14,19-20H2.